The summed E-state index contributed by atoms with van der Waals surface area (Å²) in [4.78, 5) is 0. The summed E-state index contributed by atoms with van der Waals surface area (Å²) in [5, 5.41) is 0. The highest BCUT2D eigenvalue weighted by Crippen LogP contribution is 2.38. The van der Waals surface area contributed by atoms with Crippen LogP contribution in [0.5, 0.6) is 11.5 Å². The predicted octanol–water partition coefficient (Wildman–Crippen LogP) is 5.39. The first-order valence-electron chi connectivity index (χ1n) is 9.36. The number of rotatable bonds is 7. The maximum absolute atomic E-state index is 8.41. The second-order valence-corrected chi connectivity index (χ2v) is 5.08. The molecule has 0 amide bonds. The van der Waals surface area contributed by atoms with E-state index in [1.165, 1.54) is 13.8 Å². The molecule has 118 valence electrons. The smallest absolute Gasteiger partial charge is 0.118 e. The van der Waals surface area contributed by atoms with Crippen molar-refractivity contribution in [3.05, 3.63) is 59.7 Å². The first-order valence-corrected chi connectivity index (χ1v) is 7.36. The molecule has 0 aliphatic rings. The molecule has 2 aromatic rings. The van der Waals surface area contributed by atoms with Crippen LogP contribution in [-0.4, -0.2) is 14.2 Å². The molecule has 0 aliphatic carbocycles. The van der Waals surface area contributed by atoms with E-state index < -0.39 is 24.6 Å². The van der Waals surface area contributed by atoms with E-state index in [0.717, 1.165) is 11.1 Å². The van der Waals surface area contributed by atoms with E-state index in [2.05, 4.69) is 0 Å². The minimum absolute atomic E-state index is 0.665. The van der Waals surface area contributed by atoms with Gasteiger partial charge in [0.2, 0.25) is 0 Å². The second kappa shape index (κ2) is 7.88. The largest absolute Gasteiger partial charge is 0.497 e. The van der Waals surface area contributed by atoms with Crippen LogP contribution in [0, 0.1) is 0 Å². The summed E-state index contributed by atoms with van der Waals surface area (Å²) in [6.07, 6.45) is -3.24. The highest BCUT2D eigenvalue weighted by molar-refractivity contribution is 5.35. The van der Waals surface area contributed by atoms with Crippen LogP contribution in [0.3, 0.4) is 0 Å². The van der Waals surface area contributed by atoms with Gasteiger partial charge >= 0.3 is 0 Å². The summed E-state index contributed by atoms with van der Waals surface area (Å²) in [7, 11) is 3.16. The molecule has 0 bridgehead atoms. The van der Waals surface area contributed by atoms with Crippen molar-refractivity contribution >= 4 is 0 Å². The topological polar surface area (TPSA) is 18.5 Å². The normalized spacial score (nSPS) is 17.5. The first kappa shape index (κ1) is 11.6. The quantitative estimate of drug-likeness (QED) is 0.682. The van der Waals surface area contributed by atoms with E-state index in [0.29, 0.717) is 11.5 Å². The molecule has 2 unspecified atom stereocenters. The third-order valence-electron chi connectivity index (χ3n) is 3.91. The standard InChI is InChI=1S/C20H26O2/c1-5-19(15-7-11-17(21-3)12-8-15)20(6-2)16-9-13-18(22-4)14-10-16/h7-14,19-20H,5-6H2,1-4H3/i5D2,6D2. The van der Waals surface area contributed by atoms with Crippen molar-refractivity contribution in [1.29, 1.82) is 0 Å². The fraction of sp³-hybridized carbons (Fsp3) is 0.400. The SMILES string of the molecule is [2H]C([2H])(C)C(c1ccc(OC)cc1)C(c1ccc(OC)cc1)C([2H])([2H])C. The Morgan fingerprint density at radius 2 is 1.05 bits per heavy atom. The van der Waals surface area contributed by atoms with Gasteiger partial charge < -0.3 is 9.47 Å². The molecule has 2 nitrogen and oxygen atoms in total. The summed E-state index contributed by atoms with van der Waals surface area (Å²) < 4.78 is 44.0. The van der Waals surface area contributed by atoms with Gasteiger partial charge in [-0.1, -0.05) is 38.1 Å². The Kier molecular flexibility index (Phi) is 4.15. The van der Waals surface area contributed by atoms with Crippen LogP contribution in [0.25, 0.3) is 0 Å². The van der Waals surface area contributed by atoms with Gasteiger partial charge in [0.15, 0.2) is 0 Å². The maximum atomic E-state index is 8.41. The molecule has 0 fully saturated rings. The van der Waals surface area contributed by atoms with Crippen LogP contribution >= 0.6 is 0 Å². The molecule has 0 spiro atoms. The van der Waals surface area contributed by atoms with Gasteiger partial charge in [0.1, 0.15) is 11.5 Å². The van der Waals surface area contributed by atoms with Crippen LogP contribution in [0.15, 0.2) is 48.5 Å². The predicted molar refractivity (Wildman–Crippen MR) is 92.1 cm³/mol. The summed E-state index contributed by atoms with van der Waals surface area (Å²) in [5.41, 5.74) is 1.48. The van der Waals surface area contributed by atoms with E-state index in [1.54, 1.807) is 38.5 Å². The van der Waals surface area contributed by atoms with Gasteiger partial charge in [0, 0.05) is 5.48 Å². The zero-order valence-corrected chi connectivity index (χ0v) is 13.6. The van der Waals surface area contributed by atoms with Gasteiger partial charge in [-0.2, -0.15) is 0 Å². The monoisotopic (exact) mass is 302 g/mol. The lowest BCUT2D eigenvalue weighted by molar-refractivity contribution is 0.413. The van der Waals surface area contributed by atoms with E-state index in [1.807, 2.05) is 24.3 Å². The third-order valence-corrected chi connectivity index (χ3v) is 3.91. The molecule has 0 N–H and O–H groups in total. The summed E-state index contributed by atoms with van der Waals surface area (Å²) >= 11 is 0. The van der Waals surface area contributed by atoms with Crippen LogP contribution in [-0.2, 0) is 0 Å². The Morgan fingerprint density at radius 1 is 0.727 bits per heavy atom. The summed E-state index contributed by atoms with van der Waals surface area (Å²) in [6, 6.07) is 14.4. The number of benzene rings is 2. The van der Waals surface area contributed by atoms with Crippen molar-refractivity contribution in [3.63, 3.8) is 0 Å². The van der Waals surface area contributed by atoms with Crippen LogP contribution in [0.2, 0.25) is 0 Å². The number of ether oxygens (including phenoxy) is 2. The Bertz CT molecular complexity index is 637. The zero-order chi connectivity index (χ0) is 19.5. The first-order chi connectivity index (χ1) is 12.1. The van der Waals surface area contributed by atoms with Crippen molar-refractivity contribution in [3.8, 4) is 11.5 Å². The van der Waals surface area contributed by atoms with Crippen molar-refractivity contribution in [2.24, 2.45) is 0 Å². The van der Waals surface area contributed by atoms with Crippen molar-refractivity contribution in [2.75, 3.05) is 14.2 Å². The lowest BCUT2D eigenvalue weighted by atomic mass is 9.78. The summed E-state index contributed by atoms with van der Waals surface area (Å²) in [6.45, 7) is 3.01. The molecule has 0 aromatic heterocycles. The minimum Gasteiger partial charge on any atom is -0.497 e. The molecule has 22 heavy (non-hydrogen) atoms. The lowest BCUT2D eigenvalue weighted by Crippen LogP contribution is -2.10. The Balaban J connectivity index is 2.58. The van der Waals surface area contributed by atoms with Crippen molar-refractivity contribution in [1.82, 2.24) is 0 Å². The molecular formula is C20H26O2. The van der Waals surface area contributed by atoms with Gasteiger partial charge in [0.05, 0.1) is 14.2 Å². The number of hydrogen-bond acceptors (Lipinski definition) is 2. The molecule has 0 saturated heterocycles. The third kappa shape index (κ3) is 3.62. The molecule has 0 heterocycles. The molecule has 2 aromatic carbocycles. The van der Waals surface area contributed by atoms with Crippen LogP contribution in [0.1, 0.15) is 55.0 Å². The van der Waals surface area contributed by atoms with Gasteiger partial charge in [0.25, 0.3) is 0 Å². The second-order valence-electron chi connectivity index (χ2n) is 5.08. The van der Waals surface area contributed by atoms with Gasteiger partial charge in [-0.05, 0) is 60.0 Å². The highest BCUT2D eigenvalue weighted by Gasteiger charge is 2.22. The Hall–Kier alpha value is -1.96. The molecule has 0 saturated carbocycles. The molecule has 2 heteroatoms. The maximum Gasteiger partial charge on any atom is 0.118 e. The van der Waals surface area contributed by atoms with E-state index in [-0.39, 0.29) is 0 Å². The fourth-order valence-corrected chi connectivity index (χ4v) is 2.67. The average molecular weight is 302 g/mol. The lowest BCUT2D eigenvalue weighted by Gasteiger charge is -2.26. The highest BCUT2D eigenvalue weighted by atomic mass is 16.5. The van der Waals surface area contributed by atoms with Crippen molar-refractivity contribution < 1.29 is 15.0 Å². The molecule has 2 rings (SSSR count). The molecule has 0 radical (unpaired) electrons. The van der Waals surface area contributed by atoms with E-state index in [9.17, 15) is 0 Å². The van der Waals surface area contributed by atoms with Crippen LogP contribution < -0.4 is 9.47 Å². The minimum atomic E-state index is -1.62. The van der Waals surface area contributed by atoms with E-state index >= 15 is 0 Å². The Morgan fingerprint density at radius 3 is 1.27 bits per heavy atom. The van der Waals surface area contributed by atoms with Crippen LogP contribution in [0.4, 0.5) is 0 Å². The summed E-state index contributed by atoms with van der Waals surface area (Å²) in [5.74, 6) is 0.0398. The van der Waals surface area contributed by atoms with E-state index in [4.69, 9.17) is 15.0 Å². The number of hydrogen-bond donors (Lipinski definition) is 0. The van der Waals surface area contributed by atoms with Gasteiger partial charge in [-0.25, -0.2) is 0 Å². The molecule has 0 aliphatic heterocycles. The average Bonchev–Trinajstić information content (AvgIpc) is 2.58. The van der Waals surface area contributed by atoms with Crippen molar-refractivity contribution in [2.45, 2.75) is 38.4 Å². The molecule has 2 atom stereocenters. The molecular weight excluding hydrogens is 272 g/mol. The zero-order valence-electron chi connectivity index (χ0n) is 17.6. The number of methoxy groups -OCH3 is 2. The Labute approximate surface area is 139 Å². The fourth-order valence-electron chi connectivity index (χ4n) is 2.67. The van der Waals surface area contributed by atoms with Gasteiger partial charge in [-0.3, -0.25) is 0 Å². The van der Waals surface area contributed by atoms with Gasteiger partial charge in [-0.15, -0.1) is 0 Å².